The Bertz CT molecular complexity index is 1020. The number of nitrogens with zero attached hydrogens (tertiary/aromatic N) is 4. The summed E-state index contributed by atoms with van der Waals surface area (Å²) < 4.78 is 1.77. The van der Waals surface area contributed by atoms with Gasteiger partial charge in [-0.25, -0.2) is 0 Å². The lowest BCUT2D eigenvalue weighted by Gasteiger charge is -2.50. The van der Waals surface area contributed by atoms with Crippen molar-refractivity contribution in [3.8, 4) is 0 Å². The SMILES string of the molecule is Cc1nn(C)c(C)c1C(=O)N1CC2(CN(Cc3ccccc3)CC2C(=O)NCC2CC2)C1. The van der Waals surface area contributed by atoms with Crippen molar-refractivity contribution < 1.29 is 9.59 Å². The first-order valence-electron chi connectivity index (χ1n) is 11.7. The second kappa shape index (κ2) is 8.03. The molecule has 5 rings (SSSR count). The summed E-state index contributed by atoms with van der Waals surface area (Å²) in [6, 6.07) is 10.4. The Kier molecular flexibility index (Phi) is 5.32. The molecule has 1 aromatic heterocycles. The minimum Gasteiger partial charge on any atom is -0.356 e. The van der Waals surface area contributed by atoms with Crippen molar-refractivity contribution in [1.29, 1.82) is 0 Å². The Morgan fingerprint density at radius 2 is 1.84 bits per heavy atom. The maximum absolute atomic E-state index is 13.3. The molecule has 2 aromatic rings. The van der Waals surface area contributed by atoms with Crippen LogP contribution in [0.2, 0.25) is 0 Å². The van der Waals surface area contributed by atoms with Crippen LogP contribution in [0, 0.1) is 31.1 Å². The predicted molar refractivity (Wildman–Crippen MR) is 122 cm³/mol. The summed E-state index contributed by atoms with van der Waals surface area (Å²) in [7, 11) is 1.87. The summed E-state index contributed by atoms with van der Waals surface area (Å²) in [4.78, 5) is 30.7. The van der Waals surface area contributed by atoms with Crippen molar-refractivity contribution in [3.05, 3.63) is 52.8 Å². The van der Waals surface area contributed by atoms with Gasteiger partial charge in [-0.15, -0.1) is 0 Å². The third-order valence-electron chi connectivity index (χ3n) is 7.57. The summed E-state index contributed by atoms with van der Waals surface area (Å²) in [5, 5.41) is 7.62. The zero-order chi connectivity index (χ0) is 22.5. The molecule has 2 saturated heterocycles. The quantitative estimate of drug-likeness (QED) is 0.755. The Labute approximate surface area is 189 Å². The van der Waals surface area contributed by atoms with E-state index in [2.05, 4.69) is 39.6 Å². The molecular weight excluding hydrogens is 402 g/mol. The molecule has 0 radical (unpaired) electrons. The molecule has 1 atom stereocenters. The molecule has 1 aromatic carbocycles. The van der Waals surface area contributed by atoms with Crippen molar-refractivity contribution in [1.82, 2.24) is 24.9 Å². The van der Waals surface area contributed by atoms with E-state index in [0.29, 0.717) is 24.6 Å². The lowest BCUT2D eigenvalue weighted by molar-refractivity contribution is -0.131. The third-order valence-corrected chi connectivity index (χ3v) is 7.57. The van der Waals surface area contributed by atoms with Crippen molar-refractivity contribution >= 4 is 11.8 Å². The van der Waals surface area contributed by atoms with Crippen LogP contribution < -0.4 is 5.32 Å². The molecular formula is C25H33N5O2. The van der Waals surface area contributed by atoms with Gasteiger partial charge in [-0.05, 0) is 38.2 Å². The van der Waals surface area contributed by atoms with Crippen LogP contribution in [-0.4, -0.2) is 64.1 Å². The number of amides is 2. The van der Waals surface area contributed by atoms with Crippen molar-refractivity contribution in [2.24, 2.45) is 24.3 Å². The Morgan fingerprint density at radius 3 is 2.47 bits per heavy atom. The minimum atomic E-state index is -0.165. The maximum Gasteiger partial charge on any atom is 0.257 e. The van der Waals surface area contributed by atoms with Gasteiger partial charge in [0.1, 0.15) is 0 Å². The van der Waals surface area contributed by atoms with Gasteiger partial charge >= 0.3 is 0 Å². The second-order valence-corrected chi connectivity index (χ2v) is 10.1. The van der Waals surface area contributed by atoms with Crippen LogP contribution >= 0.6 is 0 Å². The largest absolute Gasteiger partial charge is 0.356 e. The van der Waals surface area contributed by atoms with Crippen LogP contribution in [0.15, 0.2) is 30.3 Å². The molecule has 1 aliphatic carbocycles. The van der Waals surface area contributed by atoms with E-state index in [4.69, 9.17) is 0 Å². The van der Waals surface area contributed by atoms with Crippen molar-refractivity contribution in [2.45, 2.75) is 33.2 Å². The molecule has 7 heteroatoms. The first-order valence-corrected chi connectivity index (χ1v) is 11.7. The van der Waals surface area contributed by atoms with Crippen molar-refractivity contribution in [2.75, 3.05) is 32.7 Å². The molecule has 3 fully saturated rings. The first kappa shape index (κ1) is 21.2. The zero-order valence-electron chi connectivity index (χ0n) is 19.3. The summed E-state index contributed by atoms with van der Waals surface area (Å²) >= 11 is 0. The van der Waals surface area contributed by atoms with Crippen LogP contribution in [-0.2, 0) is 18.4 Å². The number of carbonyl (C=O) groups excluding carboxylic acids is 2. The van der Waals surface area contributed by atoms with E-state index in [1.165, 1.54) is 18.4 Å². The molecule has 1 unspecified atom stereocenters. The van der Waals surface area contributed by atoms with Gasteiger partial charge in [-0.2, -0.15) is 5.10 Å². The van der Waals surface area contributed by atoms with Gasteiger partial charge in [0.15, 0.2) is 0 Å². The predicted octanol–water partition coefficient (Wildman–Crippen LogP) is 2.14. The summed E-state index contributed by atoms with van der Waals surface area (Å²) in [5.74, 6) is 0.781. The highest BCUT2D eigenvalue weighted by Crippen LogP contribution is 2.45. The fourth-order valence-electron chi connectivity index (χ4n) is 5.50. The van der Waals surface area contributed by atoms with E-state index >= 15 is 0 Å². The number of benzene rings is 1. The molecule has 1 N–H and O–H groups in total. The first-order chi connectivity index (χ1) is 15.4. The van der Waals surface area contributed by atoms with Crippen LogP contribution in [0.5, 0.6) is 0 Å². The molecule has 1 saturated carbocycles. The molecule has 7 nitrogen and oxygen atoms in total. The van der Waals surface area contributed by atoms with E-state index in [0.717, 1.165) is 37.6 Å². The molecule has 2 aliphatic heterocycles. The number of aromatic nitrogens is 2. The summed E-state index contributed by atoms with van der Waals surface area (Å²) in [5.41, 5.74) is 3.46. The van der Waals surface area contributed by atoms with E-state index < -0.39 is 0 Å². The highest BCUT2D eigenvalue weighted by atomic mass is 16.2. The topological polar surface area (TPSA) is 70.5 Å². The molecule has 32 heavy (non-hydrogen) atoms. The maximum atomic E-state index is 13.3. The molecule has 3 heterocycles. The van der Waals surface area contributed by atoms with E-state index in [1.807, 2.05) is 31.9 Å². The van der Waals surface area contributed by atoms with E-state index in [1.54, 1.807) is 4.68 Å². The average molecular weight is 436 g/mol. The standard InChI is InChI=1S/C25H33N5O2/c1-17-22(18(2)28(3)27-17)24(32)30-15-25(16-30)14-29(12-20-7-5-4-6-8-20)13-21(25)23(31)26-11-19-9-10-19/h4-8,19,21H,9-16H2,1-3H3,(H,26,31). The minimum absolute atomic E-state index is 0.0392. The molecule has 170 valence electrons. The number of hydrogen-bond acceptors (Lipinski definition) is 4. The van der Waals surface area contributed by atoms with E-state index in [-0.39, 0.29) is 23.1 Å². The van der Waals surface area contributed by atoms with Crippen LogP contribution in [0.25, 0.3) is 0 Å². The van der Waals surface area contributed by atoms with Crippen LogP contribution in [0.1, 0.15) is 40.2 Å². The van der Waals surface area contributed by atoms with Gasteiger partial charge in [0.05, 0.1) is 17.2 Å². The lowest BCUT2D eigenvalue weighted by atomic mass is 9.71. The lowest BCUT2D eigenvalue weighted by Crippen LogP contribution is -2.64. The third kappa shape index (κ3) is 3.83. The van der Waals surface area contributed by atoms with Gasteiger partial charge < -0.3 is 10.2 Å². The fraction of sp³-hybridized carbons (Fsp3) is 0.560. The Hall–Kier alpha value is -2.67. The molecule has 3 aliphatic rings. The fourth-order valence-corrected chi connectivity index (χ4v) is 5.50. The Balaban J connectivity index is 1.31. The number of rotatable bonds is 6. The molecule has 2 amide bonds. The summed E-state index contributed by atoms with van der Waals surface area (Å²) in [6.07, 6.45) is 2.45. The van der Waals surface area contributed by atoms with Gasteiger partial charge in [0, 0.05) is 57.4 Å². The number of carbonyl (C=O) groups is 2. The van der Waals surface area contributed by atoms with Gasteiger partial charge in [0.25, 0.3) is 5.91 Å². The molecule has 1 spiro atoms. The number of hydrogen-bond donors (Lipinski definition) is 1. The average Bonchev–Trinajstić information content (AvgIpc) is 3.44. The normalized spacial score (nSPS) is 22.2. The van der Waals surface area contributed by atoms with Crippen LogP contribution in [0.3, 0.4) is 0 Å². The molecule has 0 bridgehead atoms. The smallest absolute Gasteiger partial charge is 0.257 e. The summed E-state index contributed by atoms with van der Waals surface area (Å²) in [6.45, 7) is 8.31. The number of nitrogens with one attached hydrogen (secondary N) is 1. The highest BCUT2D eigenvalue weighted by molar-refractivity contribution is 5.97. The van der Waals surface area contributed by atoms with Crippen molar-refractivity contribution in [3.63, 3.8) is 0 Å². The number of likely N-dealkylation sites (tertiary alicyclic amines) is 2. The zero-order valence-corrected chi connectivity index (χ0v) is 19.3. The second-order valence-electron chi connectivity index (χ2n) is 10.1. The number of aryl methyl sites for hydroxylation is 2. The monoisotopic (exact) mass is 435 g/mol. The van der Waals surface area contributed by atoms with Gasteiger partial charge in [0.2, 0.25) is 5.91 Å². The van der Waals surface area contributed by atoms with E-state index in [9.17, 15) is 9.59 Å². The van der Waals surface area contributed by atoms with Gasteiger partial charge in [-0.1, -0.05) is 30.3 Å². The van der Waals surface area contributed by atoms with Gasteiger partial charge in [-0.3, -0.25) is 19.2 Å². The van der Waals surface area contributed by atoms with Crippen LogP contribution in [0.4, 0.5) is 0 Å². The highest BCUT2D eigenvalue weighted by Gasteiger charge is 2.58. The Morgan fingerprint density at radius 1 is 1.12 bits per heavy atom.